The molecule has 90 valence electrons. The van der Waals surface area contributed by atoms with Crippen LogP contribution in [0.4, 0.5) is 5.69 Å². The van der Waals surface area contributed by atoms with Crippen LogP contribution in [0.5, 0.6) is 5.75 Å². The maximum atomic E-state index is 11.7. The highest BCUT2D eigenvalue weighted by molar-refractivity contribution is 6.04. The standard InChI is InChI=1S/C12H13NO4/c1-2-17-9-3-4-10-8(5-9)6-11(14)13(10)7-12(15)16/h3-5H,2,6-7H2,1H3,(H,15,16). The highest BCUT2D eigenvalue weighted by atomic mass is 16.5. The number of aliphatic carboxylic acids is 1. The topological polar surface area (TPSA) is 66.8 Å². The SMILES string of the molecule is CCOc1ccc2c(c1)CC(=O)N2CC(=O)O. The summed E-state index contributed by atoms with van der Waals surface area (Å²) in [6.07, 6.45) is 0.240. The molecule has 0 aliphatic carbocycles. The maximum absolute atomic E-state index is 11.7. The van der Waals surface area contributed by atoms with Gasteiger partial charge in [-0.2, -0.15) is 0 Å². The number of fused-ring (bicyclic) bond motifs is 1. The van der Waals surface area contributed by atoms with E-state index in [2.05, 4.69) is 0 Å². The molecule has 0 fully saturated rings. The fourth-order valence-corrected chi connectivity index (χ4v) is 1.92. The summed E-state index contributed by atoms with van der Waals surface area (Å²) in [7, 11) is 0. The van der Waals surface area contributed by atoms with Crippen LogP contribution >= 0.6 is 0 Å². The molecule has 1 aliphatic rings. The van der Waals surface area contributed by atoms with Crippen molar-refractivity contribution in [3.8, 4) is 5.75 Å². The Morgan fingerprint density at radius 2 is 2.29 bits per heavy atom. The van der Waals surface area contributed by atoms with Crippen molar-refractivity contribution >= 4 is 17.6 Å². The molecule has 2 rings (SSSR count). The third kappa shape index (κ3) is 2.22. The molecular formula is C12H13NO4. The van der Waals surface area contributed by atoms with Crippen LogP contribution in [0.2, 0.25) is 0 Å². The summed E-state index contributed by atoms with van der Waals surface area (Å²) in [6, 6.07) is 5.27. The average molecular weight is 235 g/mol. The second-order valence-electron chi connectivity index (χ2n) is 3.77. The van der Waals surface area contributed by atoms with Crippen LogP contribution in [0, 0.1) is 0 Å². The molecule has 1 aromatic carbocycles. The molecule has 0 spiro atoms. The van der Waals surface area contributed by atoms with Crippen molar-refractivity contribution in [1.82, 2.24) is 0 Å². The van der Waals surface area contributed by atoms with Crippen molar-refractivity contribution in [2.75, 3.05) is 18.1 Å². The zero-order valence-corrected chi connectivity index (χ0v) is 9.47. The van der Waals surface area contributed by atoms with Crippen LogP contribution in [0.3, 0.4) is 0 Å². The van der Waals surface area contributed by atoms with Gasteiger partial charge in [0.25, 0.3) is 0 Å². The number of nitrogens with zero attached hydrogens (tertiary/aromatic N) is 1. The molecule has 5 heteroatoms. The predicted molar refractivity (Wildman–Crippen MR) is 61.3 cm³/mol. The summed E-state index contributed by atoms with van der Waals surface area (Å²) in [5.74, 6) is -0.493. The third-order valence-corrected chi connectivity index (χ3v) is 2.59. The third-order valence-electron chi connectivity index (χ3n) is 2.59. The van der Waals surface area contributed by atoms with E-state index < -0.39 is 5.97 Å². The summed E-state index contributed by atoms with van der Waals surface area (Å²) in [6.45, 7) is 2.15. The minimum absolute atomic E-state index is 0.184. The van der Waals surface area contributed by atoms with Gasteiger partial charge in [-0.25, -0.2) is 0 Å². The van der Waals surface area contributed by atoms with Crippen molar-refractivity contribution in [1.29, 1.82) is 0 Å². The van der Waals surface area contributed by atoms with E-state index in [4.69, 9.17) is 9.84 Å². The lowest BCUT2D eigenvalue weighted by Gasteiger charge is -2.14. The summed E-state index contributed by atoms with van der Waals surface area (Å²) < 4.78 is 5.34. The number of ether oxygens (including phenoxy) is 1. The number of carboxylic acids is 1. The first kappa shape index (κ1) is 11.4. The molecule has 0 aromatic heterocycles. The molecule has 17 heavy (non-hydrogen) atoms. The van der Waals surface area contributed by atoms with Crippen LogP contribution in [0.15, 0.2) is 18.2 Å². The van der Waals surface area contributed by atoms with Gasteiger partial charge in [-0.05, 0) is 30.7 Å². The van der Waals surface area contributed by atoms with Crippen molar-refractivity contribution in [3.05, 3.63) is 23.8 Å². The zero-order chi connectivity index (χ0) is 12.4. The molecule has 0 atom stereocenters. The molecule has 0 radical (unpaired) electrons. The monoisotopic (exact) mass is 235 g/mol. The van der Waals surface area contributed by atoms with Crippen molar-refractivity contribution in [2.45, 2.75) is 13.3 Å². The van der Waals surface area contributed by atoms with Gasteiger partial charge in [0.15, 0.2) is 0 Å². The first-order valence-electron chi connectivity index (χ1n) is 5.39. The number of hydrogen-bond acceptors (Lipinski definition) is 3. The van der Waals surface area contributed by atoms with E-state index in [1.54, 1.807) is 18.2 Å². The zero-order valence-electron chi connectivity index (χ0n) is 9.47. The highest BCUT2D eigenvalue weighted by Gasteiger charge is 2.28. The van der Waals surface area contributed by atoms with E-state index in [0.29, 0.717) is 18.0 Å². The van der Waals surface area contributed by atoms with E-state index in [1.807, 2.05) is 6.92 Å². The Hall–Kier alpha value is -2.04. The highest BCUT2D eigenvalue weighted by Crippen LogP contribution is 2.31. The van der Waals surface area contributed by atoms with Gasteiger partial charge in [-0.1, -0.05) is 0 Å². The minimum atomic E-state index is -1.01. The number of anilines is 1. The minimum Gasteiger partial charge on any atom is -0.494 e. The van der Waals surface area contributed by atoms with Gasteiger partial charge in [0.05, 0.1) is 13.0 Å². The lowest BCUT2D eigenvalue weighted by atomic mass is 10.1. The molecule has 5 nitrogen and oxygen atoms in total. The Labute approximate surface area is 98.6 Å². The Morgan fingerprint density at radius 1 is 1.53 bits per heavy atom. The molecule has 0 unspecified atom stereocenters. The van der Waals surface area contributed by atoms with Gasteiger partial charge in [0.2, 0.25) is 5.91 Å². The van der Waals surface area contributed by atoms with E-state index in [0.717, 1.165) is 5.56 Å². The van der Waals surface area contributed by atoms with Crippen molar-refractivity contribution in [3.63, 3.8) is 0 Å². The molecule has 1 amide bonds. The van der Waals surface area contributed by atoms with Crippen LogP contribution in [-0.2, 0) is 16.0 Å². The second-order valence-corrected chi connectivity index (χ2v) is 3.77. The molecular weight excluding hydrogens is 222 g/mol. The van der Waals surface area contributed by atoms with Crippen LogP contribution in [0.1, 0.15) is 12.5 Å². The summed E-state index contributed by atoms with van der Waals surface area (Å²) in [5, 5.41) is 8.74. The van der Waals surface area contributed by atoms with Gasteiger partial charge >= 0.3 is 5.97 Å². The van der Waals surface area contributed by atoms with Gasteiger partial charge in [-0.15, -0.1) is 0 Å². The lowest BCUT2D eigenvalue weighted by Crippen LogP contribution is -2.32. The second kappa shape index (κ2) is 4.45. The quantitative estimate of drug-likeness (QED) is 0.847. The number of amides is 1. The Kier molecular flexibility index (Phi) is 2.99. The van der Waals surface area contributed by atoms with Crippen LogP contribution < -0.4 is 9.64 Å². The Balaban J connectivity index is 2.28. The van der Waals surface area contributed by atoms with Crippen LogP contribution in [0.25, 0.3) is 0 Å². The Bertz CT molecular complexity index is 470. The predicted octanol–water partition coefficient (Wildman–Crippen LogP) is 1.06. The largest absolute Gasteiger partial charge is 0.494 e. The normalized spacial score (nSPS) is 13.7. The average Bonchev–Trinajstić information content (AvgIpc) is 2.55. The van der Waals surface area contributed by atoms with Gasteiger partial charge in [-0.3, -0.25) is 9.59 Å². The molecule has 0 bridgehead atoms. The maximum Gasteiger partial charge on any atom is 0.323 e. The smallest absolute Gasteiger partial charge is 0.323 e. The van der Waals surface area contributed by atoms with E-state index >= 15 is 0 Å². The van der Waals surface area contributed by atoms with E-state index in [9.17, 15) is 9.59 Å². The number of hydrogen-bond donors (Lipinski definition) is 1. The van der Waals surface area contributed by atoms with E-state index in [1.165, 1.54) is 4.90 Å². The summed E-state index contributed by atoms with van der Waals surface area (Å²) >= 11 is 0. The molecule has 1 aromatic rings. The number of benzene rings is 1. The molecule has 1 N–H and O–H groups in total. The van der Waals surface area contributed by atoms with Gasteiger partial charge < -0.3 is 14.7 Å². The number of carboxylic acid groups (broad SMARTS) is 1. The molecule has 0 saturated carbocycles. The molecule has 0 saturated heterocycles. The molecule has 1 aliphatic heterocycles. The van der Waals surface area contributed by atoms with Crippen molar-refractivity contribution in [2.24, 2.45) is 0 Å². The summed E-state index contributed by atoms with van der Waals surface area (Å²) in [4.78, 5) is 23.6. The number of rotatable bonds is 4. The first-order chi connectivity index (χ1) is 8.11. The van der Waals surface area contributed by atoms with Gasteiger partial charge in [0, 0.05) is 5.69 Å². The van der Waals surface area contributed by atoms with Gasteiger partial charge in [0.1, 0.15) is 12.3 Å². The van der Waals surface area contributed by atoms with Crippen molar-refractivity contribution < 1.29 is 19.4 Å². The number of carbonyl (C=O) groups excluding carboxylic acids is 1. The first-order valence-corrected chi connectivity index (χ1v) is 5.39. The van der Waals surface area contributed by atoms with E-state index in [-0.39, 0.29) is 18.9 Å². The number of carbonyl (C=O) groups is 2. The molecule has 1 heterocycles. The Morgan fingerprint density at radius 3 is 2.94 bits per heavy atom. The lowest BCUT2D eigenvalue weighted by molar-refractivity contribution is -0.136. The van der Waals surface area contributed by atoms with Crippen LogP contribution in [-0.4, -0.2) is 30.1 Å². The fourth-order valence-electron chi connectivity index (χ4n) is 1.92. The summed E-state index contributed by atoms with van der Waals surface area (Å²) in [5.41, 5.74) is 1.49. The fraction of sp³-hybridized carbons (Fsp3) is 0.333.